The van der Waals surface area contributed by atoms with Gasteiger partial charge in [0.1, 0.15) is 5.78 Å². The molecule has 0 aromatic carbocycles. The highest BCUT2D eigenvalue weighted by molar-refractivity contribution is 5.77. The largest absolute Gasteiger partial charge is 0.346 e. The van der Waals surface area contributed by atoms with E-state index in [0.29, 0.717) is 42.3 Å². The molecule has 1 spiro atoms. The van der Waals surface area contributed by atoms with Crippen LogP contribution in [-0.2, 0) is 24.0 Å². The first-order valence-electron chi connectivity index (χ1n) is 10.1. The summed E-state index contributed by atoms with van der Waals surface area (Å²) in [6.45, 7) is 8.46. The van der Waals surface area contributed by atoms with Crippen LogP contribution < -0.4 is 0 Å². The number of fused-ring (bicyclic) bond motifs is 2. The van der Waals surface area contributed by atoms with Crippen LogP contribution in [0.5, 0.6) is 0 Å². The van der Waals surface area contributed by atoms with Crippen molar-refractivity contribution in [2.75, 3.05) is 0 Å². The number of Topliss-reactive ketones (excluding diaryl/α,β-unsaturated/α-hetero) is 1. The van der Waals surface area contributed by atoms with Gasteiger partial charge < -0.3 is 9.47 Å². The average Bonchev–Trinajstić information content (AvgIpc) is 2.82. The minimum Gasteiger partial charge on any atom is -0.346 e. The van der Waals surface area contributed by atoms with Crippen LogP contribution >= 0.6 is 0 Å². The maximum atomic E-state index is 11.8. The van der Waals surface area contributed by atoms with E-state index in [2.05, 4.69) is 13.8 Å². The quantitative estimate of drug-likeness (QED) is 0.716. The number of carbonyl (C=O) groups is 1. The van der Waals surface area contributed by atoms with E-state index in [1.54, 1.807) is 0 Å². The Balaban J connectivity index is 1.64. The minimum absolute atomic E-state index is 0.0525. The Morgan fingerprint density at radius 1 is 1.12 bits per heavy atom. The van der Waals surface area contributed by atoms with E-state index in [1.807, 2.05) is 13.8 Å². The van der Waals surface area contributed by atoms with Crippen molar-refractivity contribution in [3.05, 3.63) is 0 Å². The Kier molecular flexibility index (Phi) is 4.51. The Morgan fingerprint density at radius 3 is 2.68 bits per heavy atom. The highest BCUT2D eigenvalue weighted by Crippen LogP contribution is 2.60. The molecule has 5 rings (SSSR count). The second-order valence-electron chi connectivity index (χ2n) is 8.87. The van der Waals surface area contributed by atoms with E-state index < -0.39 is 11.4 Å². The molecule has 4 aliphatic heterocycles. The molecule has 0 aromatic rings. The molecule has 0 aromatic heterocycles. The third-order valence-electron chi connectivity index (χ3n) is 7.40. The van der Waals surface area contributed by atoms with E-state index in [0.717, 1.165) is 25.7 Å². The molecule has 0 N–H and O–H groups in total. The average molecular weight is 352 g/mol. The normalized spacial score (nSPS) is 51.7. The van der Waals surface area contributed by atoms with Gasteiger partial charge >= 0.3 is 0 Å². The molecule has 4 saturated heterocycles. The van der Waals surface area contributed by atoms with Gasteiger partial charge in [0, 0.05) is 25.2 Å². The summed E-state index contributed by atoms with van der Waals surface area (Å²) in [6, 6.07) is 0. The first-order chi connectivity index (χ1) is 11.9. The van der Waals surface area contributed by atoms with Crippen LogP contribution in [0.15, 0.2) is 0 Å². The van der Waals surface area contributed by atoms with Crippen molar-refractivity contribution >= 4 is 5.78 Å². The number of ether oxygens (including phenoxy) is 2. The zero-order valence-electron chi connectivity index (χ0n) is 16.0. The molecule has 1 aliphatic carbocycles. The van der Waals surface area contributed by atoms with Crippen LogP contribution in [0.2, 0.25) is 0 Å². The summed E-state index contributed by atoms with van der Waals surface area (Å²) in [6.07, 6.45) is 5.85. The lowest BCUT2D eigenvalue weighted by Crippen LogP contribution is -2.70. The van der Waals surface area contributed by atoms with E-state index in [9.17, 15) is 4.79 Å². The van der Waals surface area contributed by atoms with Crippen LogP contribution in [0.1, 0.15) is 72.6 Å². The summed E-state index contributed by atoms with van der Waals surface area (Å²) in [4.78, 5) is 23.8. The van der Waals surface area contributed by atoms with Crippen LogP contribution in [0.25, 0.3) is 0 Å². The fraction of sp³-hybridized carbons (Fsp3) is 0.950. The second kappa shape index (κ2) is 6.29. The van der Waals surface area contributed by atoms with Crippen molar-refractivity contribution in [1.82, 2.24) is 0 Å². The molecule has 0 radical (unpaired) electrons. The summed E-state index contributed by atoms with van der Waals surface area (Å²) < 4.78 is 12.8. The highest BCUT2D eigenvalue weighted by atomic mass is 17.3. The highest BCUT2D eigenvalue weighted by Gasteiger charge is 2.69. The minimum atomic E-state index is -0.720. The molecule has 5 aliphatic rings. The lowest BCUT2D eigenvalue weighted by atomic mass is 9.57. The zero-order valence-corrected chi connectivity index (χ0v) is 16.0. The molecule has 5 heteroatoms. The topological polar surface area (TPSA) is 54.0 Å². The molecular weight excluding hydrogens is 320 g/mol. The predicted molar refractivity (Wildman–Crippen MR) is 91.4 cm³/mol. The molecular formula is C20H32O5. The summed E-state index contributed by atoms with van der Waals surface area (Å²) in [5.41, 5.74) is -0.488. The molecule has 4 heterocycles. The van der Waals surface area contributed by atoms with Gasteiger partial charge in [-0.15, -0.1) is 0 Å². The lowest BCUT2D eigenvalue weighted by molar-refractivity contribution is -0.571. The van der Waals surface area contributed by atoms with Gasteiger partial charge in [-0.05, 0) is 50.4 Å². The van der Waals surface area contributed by atoms with Gasteiger partial charge in [0.2, 0.25) is 5.79 Å². The van der Waals surface area contributed by atoms with Gasteiger partial charge in [-0.25, -0.2) is 9.78 Å². The van der Waals surface area contributed by atoms with Crippen molar-refractivity contribution < 1.29 is 24.0 Å². The Bertz CT molecular complexity index is 536. The van der Waals surface area contributed by atoms with Gasteiger partial charge in [-0.3, -0.25) is 4.79 Å². The molecule has 25 heavy (non-hydrogen) atoms. The number of rotatable bonds is 4. The van der Waals surface area contributed by atoms with Gasteiger partial charge in [0.15, 0.2) is 11.9 Å². The third kappa shape index (κ3) is 2.70. The summed E-state index contributed by atoms with van der Waals surface area (Å²) >= 11 is 0. The monoisotopic (exact) mass is 352 g/mol. The first kappa shape index (κ1) is 17.9. The summed E-state index contributed by atoms with van der Waals surface area (Å²) in [7, 11) is 0. The number of carbonyl (C=O) groups excluding carboxylic acids is 1. The number of hydrogen-bond acceptors (Lipinski definition) is 5. The van der Waals surface area contributed by atoms with E-state index in [4.69, 9.17) is 19.2 Å². The first-order valence-corrected chi connectivity index (χ1v) is 10.1. The molecule has 0 unspecified atom stereocenters. The fourth-order valence-corrected chi connectivity index (χ4v) is 5.79. The molecule has 2 bridgehead atoms. The molecule has 0 amide bonds. The molecule has 1 saturated carbocycles. The van der Waals surface area contributed by atoms with Crippen LogP contribution in [0, 0.1) is 23.7 Å². The SMILES string of the molecule is CCC(=O)CC[C@H]1O[C@@H]2O[C@]3(C)CC[C@H]4[C@H](C)CC[C@@H]([C@H]1C)[C@@]24OO3. The zero-order chi connectivity index (χ0) is 17.8. The Labute approximate surface area is 150 Å². The van der Waals surface area contributed by atoms with Gasteiger partial charge in [-0.2, -0.15) is 0 Å². The van der Waals surface area contributed by atoms with E-state index in [1.165, 1.54) is 6.42 Å². The molecule has 5 nitrogen and oxygen atoms in total. The summed E-state index contributed by atoms with van der Waals surface area (Å²) in [5.74, 6) is 1.27. The van der Waals surface area contributed by atoms with Gasteiger partial charge in [-0.1, -0.05) is 20.8 Å². The molecule has 142 valence electrons. The smallest absolute Gasteiger partial charge is 0.201 e. The van der Waals surface area contributed by atoms with Gasteiger partial charge in [0.25, 0.3) is 0 Å². The lowest BCUT2D eigenvalue weighted by Gasteiger charge is -2.60. The van der Waals surface area contributed by atoms with Crippen molar-refractivity contribution in [2.45, 2.75) is 96.4 Å². The summed E-state index contributed by atoms with van der Waals surface area (Å²) in [5, 5.41) is 0. The van der Waals surface area contributed by atoms with E-state index >= 15 is 0 Å². The third-order valence-corrected chi connectivity index (χ3v) is 7.40. The van der Waals surface area contributed by atoms with Crippen LogP contribution in [0.3, 0.4) is 0 Å². The standard InChI is InChI=1S/C20H32O5/c1-5-14(21)7-9-17-13(3)16-8-6-12(2)15-10-11-19(4)23-18(22-17)20(15,16)25-24-19/h12-13,15-18H,5-11H2,1-4H3/t12-,13-,15+,16+,17-,18-,19+,20-/m1/s1. The fourth-order valence-electron chi connectivity index (χ4n) is 5.79. The Hall–Kier alpha value is -0.490. The number of hydrogen-bond donors (Lipinski definition) is 0. The predicted octanol–water partition coefficient (Wildman–Crippen LogP) is 4.00. The van der Waals surface area contributed by atoms with Crippen molar-refractivity contribution in [2.24, 2.45) is 23.7 Å². The van der Waals surface area contributed by atoms with Crippen LogP contribution in [0.4, 0.5) is 0 Å². The maximum Gasteiger partial charge on any atom is 0.201 e. The van der Waals surface area contributed by atoms with Crippen LogP contribution in [-0.4, -0.2) is 29.6 Å². The van der Waals surface area contributed by atoms with Gasteiger partial charge in [0.05, 0.1) is 6.10 Å². The number of ketones is 1. The second-order valence-corrected chi connectivity index (χ2v) is 8.87. The van der Waals surface area contributed by atoms with Crippen molar-refractivity contribution in [1.29, 1.82) is 0 Å². The van der Waals surface area contributed by atoms with E-state index in [-0.39, 0.29) is 12.4 Å². The molecule has 8 atom stereocenters. The maximum absolute atomic E-state index is 11.8. The Morgan fingerprint density at radius 2 is 1.92 bits per heavy atom. The van der Waals surface area contributed by atoms with Crippen molar-refractivity contribution in [3.8, 4) is 0 Å². The van der Waals surface area contributed by atoms with Crippen molar-refractivity contribution in [3.63, 3.8) is 0 Å². The molecule has 5 fully saturated rings.